The van der Waals surface area contributed by atoms with Gasteiger partial charge in [-0.05, 0) is 63.8 Å². The number of halogens is 4. The first kappa shape index (κ1) is 22.4. The van der Waals surface area contributed by atoms with Crippen LogP contribution in [0, 0.1) is 3.57 Å². The number of anilines is 1. The van der Waals surface area contributed by atoms with Crippen molar-refractivity contribution < 1.29 is 4.79 Å². The summed E-state index contributed by atoms with van der Waals surface area (Å²) in [6.07, 6.45) is -1.06. The average molecular weight is 579 g/mol. The molecule has 29 heavy (non-hydrogen) atoms. The quantitative estimate of drug-likeness (QED) is 0.157. The lowest BCUT2D eigenvalue weighted by Crippen LogP contribution is -2.56. The number of para-hydroxylation sites is 1. The Hall–Kier alpha value is -1.32. The third kappa shape index (κ3) is 5.86. The molecule has 0 aliphatic rings. The summed E-state index contributed by atoms with van der Waals surface area (Å²) < 4.78 is -0.866. The Morgan fingerprint density at radius 1 is 0.931 bits per heavy atom. The van der Waals surface area contributed by atoms with Gasteiger partial charge in [0.2, 0.25) is 3.79 Å². The van der Waals surface area contributed by atoms with Gasteiger partial charge in [-0.15, -0.1) is 0 Å². The molecule has 150 valence electrons. The Morgan fingerprint density at radius 3 is 2.31 bits per heavy atom. The predicted molar refractivity (Wildman–Crippen MR) is 134 cm³/mol. The minimum absolute atomic E-state index is 0.212. The highest BCUT2D eigenvalue weighted by atomic mass is 127. The van der Waals surface area contributed by atoms with Crippen LogP contribution in [0.25, 0.3) is 10.8 Å². The number of benzene rings is 3. The lowest BCUT2D eigenvalue weighted by Gasteiger charge is -2.28. The zero-order valence-corrected chi connectivity index (χ0v) is 20.0. The second-order valence-corrected chi connectivity index (χ2v) is 9.99. The molecule has 0 unspecified atom stereocenters. The molecule has 0 bridgehead atoms. The van der Waals surface area contributed by atoms with Crippen molar-refractivity contribution in [3.8, 4) is 0 Å². The van der Waals surface area contributed by atoms with Crippen LogP contribution in [-0.4, -0.2) is 21.0 Å². The number of hydrogen-bond acceptors (Lipinski definition) is 2. The van der Waals surface area contributed by atoms with E-state index in [0.717, 1.165) is 20.0 Å². The number of thiocarbonyl (C=S) groups is 1. The van der Waals surface area contributed by atoms with Crippen molar-refractivity contribution in [2.75, 3.05) is 5.32 Å². The van der Waals surface area contributed by atoms with Crippen molar-refractivity contribution in [2.45, 2.75) is 9.96 Å². The zero-order chi connectivity index (χ0) is 21.0. The van der Waals surface area contributed by atoms with E-state index in [-0.39, 0.29) is 11.0 Å². The number of nitrogens with one attached hydrogen (secondary N) is 3. The summed E-state index contributed by atoms with van der Waals surface area (Å²) in [5.41, 5.74) is 1.27. The second-order valence-electron chi connectivity index (χ2n) is 6.05. The summed E-state index contributed by atoms with van der Waals surface area (Å²) in [7, 11) is 0. The van der Waals surface area contributed by atoms with Crippen LogP contribution in [0.15, 0.2) is 66.7 Å². The number of hydrogen-bond donors (Lipinski definition) is 3. The molecular formula is C20H15Cl3IN3OS. The molecule has 0 saturated heterocycles. The maximum Gasteiger partial charge on any atom is 0.253 e. The molecule has 0 heterocycles. The van der Waals surface area contributed by atoms with Gasteiger partial charge in [0, 0.05) is 9.13 Å². The lowest BCUT2D eigenvalue weighted by atomic mass is 10.0. The minimum Gasteiger partial charge on any atom is -0.339 e. The van der Waals surface area contributed by atoms with Crippen LogP contribution >= 0.6 is 69.6 Å². The van der Waals surface area contributed by atoms with Gasteiger partial charge in [0.25, 0.3) is 5.91 Å². The topological polar surface area (TPSA) is 53.2 Å². The Morgan fingerprint density at radius 2 is 1.59 bits per heavy atom. The Balaban J connectivity index is 1.78. The molecule has 3 N–H and O–H groups in total. The SMILES string of the molecule is O=C(N[C@H](NC(=S)Nc1ccccc1I)C(Cl)(Cl)Cl)c1cccc2ccccc12. The Bertz CT molecular complexity index is 1050. The summed E-state index contributed by atoms with van der Waals surface area (Å²) in [4.78, 5) is 12.9. The van der Waals surface area contributed by atoms with E-state index in [1.807, 2.05) is 54.6 Å². The fraction of sp³-hybridized carbons (Fsp3) is 0.100. The van der Waals surface area contributed by atoms with Crippen LogP contribution in [0.1, 0.15) is 10.4 Å². The van der Waals surface area contributed by atoms with Gasteiger partial charge >= 0.3 is 0 Å². The van der Waals surface area contributed by atoms with Crippen molar-refractivity contribution >= 4 is 97.1 Å². The van der Waals surface area contributed by atoms with E-state index in [1.165, 1.54) is 0 Å². The minimum atomic E-state index is -1.84. The molecule has 3 aromatic carbocycles. The van der Waals surface area contributed by atoms with Gasteiger partial charge in [0.05, 0.1) is 5.69 Å². The monoisotopic (exact) mass is 577 g/mol. The summed E-state index contributed by atoms with van der Waals surface area (Å²) in [5.74, 6) is -0.386. The molecule has 1 atom stereocenters. The predicted octanol–water partition coefficient (Wildman–Crippen LogP) is 5.86. The van der Waals surface area contributed by atoms with Gasteiger partial charge in [0.15, 0.2) is 5.11 Å². The van der Waals surface area contributed by atoms with Gasteiger partial charge in [-0.2, -0.15) is 0 Å². The van der Waals surface area contributed by atoms with Gasteiger partial charge in [-0.25, -0.2) is 0 Å². The zero-order valence-electron chi connectivity index (χ0n) is 14.8. The molecule has 0 aliphatic carbocycles. The van der Waals surface area contributed by atoms with E-state index >= 15 is 0 Å². The molecule has 0 radical (unpaired) electrons. The molecular weight excluding hydrogens is 564 g/mol. The number of alkyl halides is 3. The molecule has 0 saturated carbocycles. The van der Waals surface area contributed by atoms with Crippen LogP contribution in [0.3, 0.4) is 0 Å². The highest BCUT2D eigenvalue weighted by molar-refractivity contribution is 14.1. The molecule has 0 spiro atoms. The van der Waals surface area contributed by atoms with Crippen molar-refractivity contribution in [2.24, 2.45) is 0 Å². The van der Waals surface area contributed by atoms with E-state index in [9.17, 15) is 4.79 Å². The van der Waals surface area contributed by atoms with Gasteiger partial charge in [0.1, 0.15) is 6.17 Å². The van der Waals surface area contributed by atoms with Gasteiger partial charge < -0.3 is 16.0 Å². The fourth-order valence-corrected chi connectivity index (χ4v) is 3.76. The summed E-state index contributed by atoms with van der Waals surface area (Å²) in [6.45, 7) is 0. The Kier molecular flexibility index (Phi) is 7.45. The maximum atomic E-state index is 12.9. The van der Waals surface area contributed by atoms with Crippen LogP contribution in [0.5, 0.6) is 0 Å². The average Bonchev–Trinajstić information content (AvgIpc) is 2.68. The first-order chi connectivity index (χ1) is 13.8. The van der Waals surface area contributed by atoms with E-state index in [1.54, 1.807) is 12.1 Å². The highest BCUT2D eigenvalue weighted by Crippen LogP contribution is 2.30. The van der Waals surface area contributed by atoms with Gasteiger partial charge in [-0.3, -0.25) is 4.79 Å². The number of carbonyl (C=O) groups is 1. The fourth-order valence-electron chi connectivity index (χ4n) is 2.68. The molecule has 1 amide bonds. The number of carbonyl (C=O) groups excluding carboxylic acids is 1. The highest BCUT2D eigenvalue weighted by Gasteiger charge is 2.35. The molecule has 3 rings (SSSR count). The second kappa shape index (κ2) is 9.66. The molecule has 0 fully saturated rings. The van der Waals surface area contributed by atoms with Crippen LogP contribution < -0.4 is 16.0 Å². The molecule has 3 aromatic rings. The normalized spacial score (nSPS) is 12.3. The van der Waals surface area contributed by atoms with Crippen LogP contribution in [0.4, 0.5) is 5.69 Å². The smallest absolute Gasteiger partial charge is 0.253 e. The standard InChI is InChI=1S/C20H15Cl3IN3OS/c21-20(22,23)18(27-19(29)25-16-11-4-3-10-15(16)24)26-17(28)14-9-5-7-12-6-1-2-8-13(12)14/h1-11,18H,(H,26,28)(H2,25,27,29)/t18-/m1/s1. The number of amides is 1. The lowest BCUT2D eigenvalue weighted by molar-refractivity contribution is 0.0936. The number of rotatable bonds is 4. The van der Waals surface area contributed by atoms with E-state index in [2.05, 4.69) is 38.5 Å². The van der Waals surface area contributed by atoms with E-state index < -0.39 is 9.96 Å². The van der Waals surface area contributed by atoms with Crippen molar-refractivity contribution in [3.05, 3.63) is 75.9 Å². The maximum absolute atomic E-state index is 12.9. The molecule has 4 nitrogen and oxygen atoms in total. The van der Waals surface area contributed by atoms with Crippen LogP contribution in [0.2, 0.25) is 0 Å². The summed E-state index contributed by atoms with van der Waals surface area (Å²) in [6, 6.07) is 20.6. The third-order valence-corrected chi connectivity index (χ3v) is 5.85. The van der Waals surface area contributed by atoms with Crippen LogP contribution in [-0.2, 0) is 0 Å². The summed E-state index contributed by atoms with van der Waals surface area (Å²) >= 11 is 25.8. The summed E-state index contributed by atoms with van der Waals surface area (Å²) in [5, 5.41) is 10.6. The molecule has 9 heteroatoms. The van der Waals surface area contributed by atoms with Gasteiger partial charge in [-0.1, -0.05) is 83.3 Å². The first-order valence-corrected chi connectivity index (χ1v) is 11.0. The van der Waals surface area contributed by atoms with Crippen molar-refractivity contribution in [3.63, 3.8) is 0 Å². The third-order valence-electron chi connectivity index (χ3n) is 4.03. The largest absolute Gasteiger partial charge is 0.339 e. The van der Waals surface area contributed by atoms with E-state index in [0.29, 0.717) is 5.56 Å². The first-order valence-electron chi connectivity index (χ1n) is 8.43. The molecule has 0 aromatic heterocycles. The van der Waals surface area contributed by atoms with Crippen molar-refractivity contribution in [1.82, 2.24) is 10.6 Å². The van der Waals surface area contributed by atoms with E-state index in [4.69, 9.17) is 47.0 Å². The Labute approximate surface area is 202 Å². The molecule has 0 aliphatic heterocycles. The van der Waals surface area contributed by atoms with Crippen molar-refractivity contribution in [1.29, 1.82) is 0 Å². The number of fused-ring (bicyclic) bond motifs is 1.